The SMILES string of the molecule is O=C(NCC(O)C1CC1)C1COc2ccccc2C1. The Bertz CT molecular complexity index is 470. The van der Waals surface area contributed by atoms with Gasteiger partial charge in [0.15, 0.2) is 0 Å². The van der Waals surface area contributed by atoms with Crippen molar-refractivity contribution in [2.75, 3.05) is 13.2 Å². The van der Waals surface area contributed by atoms with Crippen LogP contribution in [0.2, 0.25) is 0 Å². The molecule has 0 aromatic heterocycles. The van der Waals surface area contributed by atoms with Crippen LogP contribution < -0.4 is 10.1 Å². The summed E-state index contributed by atoms with van der Waals surface area (Å²) in [5.74, 6) is 1.10. The van der Waals surface area contributed by atoms with Crippen molar-refractivity contribution in [1.29, 1.82) is 0 Å². The maximum absolute atomic E-state index is 12.1. The molecule has 4 nitrogen and oxygen atoms in total. The molecule has 3 rings (SSSR count). The van der Waals surface area contributed by atoms with E-state index in [1.54, 1.807) is 0 Å². The molecule has 0 spiro atoms. The van der Waals surface area contributed by atoms with Gasteiger partial charge in [0, 0.05) is 6.54 Å². The number of aliphatic hydroxyl groups excluding tert-OH is 1. The van der Waals surface area contributed by atoms with E-state index in [0.29, 0.717) is 25.5 Å². The summed E-state index contributed by atoms with van der Waals surface area (Å²) in [5.41, 5.74) is 1.08. The molecule has 0 saturated heterocycles. The van der Waals surface area contributed by atoms with E-state index in [1.165, 1.54) is 0 Å². The van der Waals surface area contributed by atoms with Crippen molar-refractivity contribution >= 4 is 5.91 Å². The molecule has 0 radical (unpaired) electrons. The van der Waals surface area contributed by atoms with E-state index < -0.39 is 0 Å². The number of ether oxygens (including phenoxy) is 1. The lowest BCUT2D eigenvalue weighted by Gasteiger charge is -2.25. The Balaban J connectivity index is 1.53. The monoisotopic (exact) mass is 261 g/mol. The molecule has 1 aliphatic heterocycles. The van der Waals surface area contributed by atoms with Gasteiger partial charge in [-0.15, -0.1) is 0 Å². The predicted molar refractivity (Wildman–Crippen MR) is 70.9 cm³/mol. The summed E-state index contributed by atoms with van der Waals surface area (Å²) in [6, 6.07) is 7.82. The Labute approximate surface area is 112 Å². The smallest absolute Gasteiger partial charge is 0.226 e. The highest BCUT2D eigenvalue weighted by Gasteiger charge is 2.31. The number of carbonyl (C=O) groups excluding carboxylic acids is 1. The van der Waals surface area contributed by atoms with E-state index in [1.807, 2.05) is 24.3 Å². The number of hydrogen-bond donors (Lipinski definition) is 2. The molecular weight excluding hydrogens is 242 g/mol. The number of para-hydroxylation sites is 1. The number of rotatable bonds is 4. The van der Waals surface area contributed by atoms with E-state index in [0.717, 1.165) is 24.2 Å². The van der Waals surface area contributed by atoms with E-state index in [2.05, 4.69) is 5.32 Å². The molecule has 1 aliphatic carbocycles. The fourth-order valence-corrected chi connectivity index (χ4v) is 2.49. The zero-order valence-electron chi connectivity index (χ0n) is 10.8. The minimum absolute atomic E-state index is 0.0193. The molecule has 1 aromatic carbocycles. The van der Waals surface area contributed by atoms with Crippen LogP contribution in [-0.2, 0) is 11.2 Å². The maximum atomic E-state index is 12.1. The van der Waals surface area contributed by atoms with Gasteiger partial charge in [-0.25, -0.2) is 0 Å². The fourth-order valence-electron chi connectivity index (χ4n) is 2.49. The predicted octanol–water partition coefficient (Wildman–Crippen LogP) is 1.12. The van der Waals surface area contributed by atoms with Crippen molar-refractivity contribution < 1.29 is 14.6 Å². The Morgan fingerprint density at radius 3 is 3.00 bits per heavy atom. The summed E-state index contributed by atoms with van der Waals surface area (Å²) in [5, 5.41) is 12.6. The standard InChI is InChI=1S/C15H19NO3/c17-13(10-5-6-10)8-16-15(18)12-7-11-3-1-2-4-14(11)19-9-12/h1-4,10,12-13,17H,5-9H2,(H,16,18). The van der Waals surface area contributed by atoms with Gasteiger partial charge in [-0.1, -0.05) is 18.2 Å². The van der Waals surface area contributed by atoms with E-state index >= 15 is 0 Å². The third-order valence-electron chi connectivity index (χ3n) is 3.90. The van der Waals surface area contributed by atoms with Gasteiger partial charge in [0.05, 0.1) is 12.0 Å². The van der Waals surface area contributed by atoms with Crippen LogP contribution >= 0.6 is 0 Å². The highest BCUT2D eigenvalue weighted by atomic mass is 16.5. The van der Waals surface area contributed by atoms with Crippen molar-refractivity contribution in [3.63, 3.8) is 0 Å². The summed E-state index contributed by atoms with van der Waals surface area (Å²) in [6.07, 6.45) is 2.48. The fraction of sp³-hybridized carbons (Fsp3) is 0.533. The molecule has 19 heavy (non-hydrogen) atoms. The number of hydrogen-bond acceptors (Lipinski definition) is 3. The van der Waals surface area contributed by atoms with Gasteiger partial charge in [-0.2, -0.15) is 0 Å². The van der Waals surface area contributed by atoms with Crippen LogP contribution in [0.25, 0.3) is 0 Å². The van der Waals surface area contributed by atoms with Crippen LogP contribution in [0.5, 0.6) is 5.75 Å². The molecule has 1 heterocycles. The molecule has 1 fully saturated rings. The molecule has 2 atom stereocenters. The van der Waals surface area contributed by atoms with Crippen LogP contribution in [0, 0.1) is 11.8 Å². The van der Waals surface area contributed by atoms with Gasteiger partial charge in [0.1, 0.15) is 12.4 Å². The number of carbonyl (C=O) groups is 1. The number of fused-ring (bicyclic) bond motifs is 1. The minimum Gasteiger partial charge on any atom is -0.492 e. The third-order valence-corrected chi connectivity index (χ3v) is 3.90. The quantitative estimate of drug-likeness (QED) is 0.854. The van der Waals surface area contributed by atoms with Gasteiger partial charge in [0.25, 0.3) is 0 Å². The molecule has 1 amide bonds. The van der Waals surface area contributed by atoms with Crippen LogP contribution in [0.3, 0.4) is 0 Å². The van der Waals surface area contributed by atoms with E-state index in [-0.39, 0.29) is 17.9 Å². The lowest BCUT2D eigenvalue weighted by molar-refractivity contribution is -0.126. The summed E-state index contributed by atoms with van der Waals surface area (Å²) in [4.78, 5) is 12.1. The first kappa shape index (κ1) is 12.5. The van der Waals surface area contributed by atoms with Gasteiger partial charge in [-0.3, -0.25) is 4.79 Å². The average molecular weight is 261 g/mol. The van der Waals surface area contributed by atoms with E-state index in [4.69, 9.17) is 4.74 Å². The molecule has 4 heteroatoms. The zero-order valence-corrected chi connectivity index (χ0v) is 10.8. The summed E-state index contributed by atoms with van der Waals surface area (Å²) in [6.45, 7) is 0.782. The maximum Gasteiger partial charge on any atom is 0.226 e. The lowest BCUT2D eigenvalue weighted by atomic mass is 9.96. The van der Waals surface area contributed by atoms with E-state index in [9.17, 15) is 9.90 Å². The molecule has 1 saturated carbocycles. The third kappa shape index (κ3) is 2.89. The molecule has 2 N–H and O–H groups in total. The zero-order chi connectivity index (χ0) is 13.2. The van der Waals surface area contributed by atoms with Gasteiger partial charge < -0.3 is 15.2 Å². The lowest BCUT2D eigenvalue weighted by Crippen LogP contribution is -2.41. The van der Waals surface area contributed by atoms with Crippen molar-refractivity contribution in [3.05, 3.63) is 29.8 Å². The first-order chi connectivity index (χ1) is 9.24. The Hall–Kier alpha value is -1.55. The largest absolute Gasteiger partial charge is 0.492 e. The molecule has 1 aromatic rings. The Morgan fingerprint density at radius 2 is 2.21 bits per heavy atom. The van der Waals surface area contributed by atoms with Gasteiger partial charge in [0.2, 0.25) is 5.91 Å². The van der Waals surface area contributed by atoms with Crippen LogP contribution in [-0.4, -0.2) is 30.3 Å². The second kappa shape index (κ2) is 5.21. The van der Waals surface area contributed by atoms with Crippen molar-refractivity contribution in [2.24, 2.45) is 11.8 Å². The van der Waals surface area contributed by atoms with Crippen LogP contribution in [0.4, 0.5) is 0 Å². The van der Waals surface area contributed by atoms with Gasteiger partial charge >= 0.3 is 0 Å². The first-order valence-electron chi connectivity index (χ1n) is 6.90. The van der Waals surface area contributed by atoms with Crippen molar-refractivity contribution in [3.8, 4) is 5.75 Å². The number of benzene rings is 1. The van der Waals surface area contributed by atoms with Gasteiger partial charge in [-0.05, 0) is 36.8 Å². The molecule has 0 bridgehead atoms. The highest BCUT2D eigenvalue weighted by molar-refractivity contribution is 5.79. The average Bonchev–Trinajstić information content (AvgIpc) is 3.28. The second-order valence-electron chi connectivity index (χ2n) is 5.47. The van der Waals surface area contributed by atoms with Crippen molar-refractivity contribution in [1.82, 2.24) is 5.32 Å². The normalized spacial score (nSPS) is 23.1. The molecule has 102 valence electrons. The Morgan fingerprint density at radius 1 is 1.42 bits per heavy atom. The summed E-state index contributed by atoms with van der Waals surface area (Å²) in [7, 11) is 0. The summed E-state index contributed by atoms with van der Waals surface area (Å²) >= 11 is 0. The Kier molecular flexibility index (Phi) is 3.42. The molecule has 2 aliphatic rings. The number of nitrogens with one attached hydrogen (secondary N) is 1. The first-order valence-corrected chi connectivity index (χ1v) is 6.90. The topological polar surface area (TPSA) is 58.6 Å². The molecular formula is C15H19NO3. The highest BCUT2D eigenvalue weighted by Crippen LogP contribution is 2.32. The van der Waals surface area contributed by atoms with Crippen LogP contribution in [0.1, 0.15) is 18.4 Å². The van der Waals surface area contributed by atoms with Crippen LogP contribution in [0.15, 0.2) is 24.3 Å². The molecule has 2 unspecified atom stereocenters. The second-order valence-corrected chi connectivity index (χ2v) is 5.47. The summed E-state index contributed by atoms with van der Waals surface area (Å²) < 4.78 is 5.60. The van der Waals surface area contributed by atoms with Crippen molar-refractivity contribution in [2.45, 2.75) is 25.4 Å². The minimum atomic E-state index is -0.388. The number of aliphatic hydroxyl groups is 1. The number of amides is 1.